The molecule has 0 aliphatic rings. The Bertz CT molecular complexity index is 1100. The second-order valence-electron chi connectivity index (χ2n) is 5.35. The lowest BCUT2D eigenvalue weighted by Crippen LogP contribution is -2.23. The second kappa shape index (κ2) is 5.98. The molecule has 0 radical (unpaired) electrons. The molecule has 0 N–H and O–H groups in total. The van der Waals surface area contributed by atoms with E-state index >= 15 is 0 Å². The molecular formula is C18H12FN3OS. The van der Waals surface area contributed by atoms with Gasteiger partial charge in [-0.3, -0.25) is 4.79 Å². The van der Waals surface area contributed by atoms with Crippen molar-refractivity contribution in [1.82, 2.24) is 14.6 Å². The van der Waals surface area contributed by atoms with Crippen LogP contribution in [0.5, 0.6) is 0 Å². The van der Waals surface area contributed by atoms with Crippen LogP contribution in [0.15, 0.2) is 59.4 Å². The van der Waals surface area contributed by atoms with Gasteiger partial charge in [0.05, 0.1) is 4.53 Å². The highest BCUT2D eigenvalue weighted by Crippen LogP contribution is 2.09. The third-order valence-electron chi connectivity index (χ3n) is 3.60. The summed E-state index contributed by atoms with van der Waals surface area (Å²) < 4.78 is 14.8. The van der Waals surface area contributed by atoms with Crippen molar-refractivity contribution in [1.29, 1.82) is 0 Å². The van der Waals surface area contributed by atoms with E-state index in [1.807, 2.05) is 30.3 Å². The molecule has 2 aromatic heterocycles. The van der Waals surface area contributed by atoms with Gasteiger partial charge in [0.15, 0.2) is 5.82 Å². The van der Waals surface area contributed by atoms with Crippen molar-refractivity contribution >= 4 is 22.4 Å². The molecule has 0 bridgehead atoms. The Morgan fingerprint density at radius 3 is 2.54 bits per heavy atom. The highest BCUT2D eigenvalue weighted by atomic mass is 32.1. The van der Waals surface area contributed by atoms with Crippen molar-refractivity contribution in [3.63, 3.8) is 0 Å². The summed E-state index contributed by atoms with van der Waals surface area (Å²) in [5.41, 5.74) is 1.66. The number of hydrogen-bond donors (Lipinski definition) is 0. The number of fused-ring (bicyclic) bond motifs is 1. The van der Waals surface area contributed by atoms with Gasteiger partial charge in [0.2, 0.25) is 4.96 Å². The third-order valence-corrected chi connectivity index (χ3v) is 4.56. The van der Waals surface area contributed by atoms with Crippen LogP contribution in [0, 0.1) is 5.82 Å². The molecule has 0 saturated heterocycles. The molecule has 0 saturated carbocycles. The molecule has 24 heavy (non-hydrogen) atoms. The Labute approximate surface area is 140 Å². The molecule has 4 rings (SSSR count). The van der Waals surface area contributed by atoms with Gasteiger partial charge in [-0.2, -0.15) is 4.52 Å². The lowest BCUT2D eigenvalue weighted by Gasteiger charge is -1.94. The SMILES string of the molecule is O=c1/c(=C/c2ccc(F)cc2)sc2nc(Cc3ccccc3)nn12. The number of thiazole rings is 1. The van der Waals surface area contributed by atoms with E-state index in [0.717, 1.165) is 11.1 Å². The normalized spacial score (nSPS) is 12.1. The molecule has 0 fully saturated rings. The monoisotopic (exact) mass is 337 g/mol. The minimum atomic E-state index is -0.303. The van der Waals surface area contributed by atoms with E-state index in [0.29, 0.717) is 21.7 Å². The molecule has 0 spiro atoms. The van der Waals surface area contributed by atoms with E-state index in [1.165, 1.54) is 28.0 Å². The highest BCUT2D eigenvalue weighted by Gasteiger charge is 2.10. The van der Waals surface area contributed by atoms with Gasteiger partial charge in [-0.05, 0) is 29.3 Å². The van der Waals surface area contributed by atoms with E-state index < -0.39 is 0 Å². The van der Waals surface area contributed by atoms with Gasteiger partial charge >= 0.3 is 0 Å². The van der Waals surface area contributed by atoms with Crippen molar-refractivity contribution in [3.8, 4) is 0 Å². The summed E-state index contributed by atoms with van der Waals surface area (Å²) >= 11 is 1.28. The van der Waals surface area contributed by atoms with Gasteiger partial charge in [0.25, 0.3) is 5.56 Å². The van der Waals surface area contributed by atoms with Gasteiger partial charge in [-0.1, -0.05) is 53.8 Å². The van der Waals surface area contributed by atoms with E-state index in [-0.39, 0.29) is 11.4 Å². The quantitative estimate of drug-likeness (QED) is 0.577. The van der Waals surface area contributed by atoms with E-state index in [2.05, 4.69) is 10.1 Å². The number of rotatable bonds is 3. The molecule has 0 unspecified atom stereocenters. The number of benzene rings is 2. The van der Waals surface area contributed by atoms with Gasteiger partial charge in [-0.15, -0.1) is 5.10 Å². The molecule has 2 aromatic carbocycles. The summed E-state index contributed by atoms with van der Waals surface area (Å²) in [7, 11) is 0. The molecule has 6 heteroatoms. The van der Waals surface area contributed by atoms with Crippen LogP contribution in [-0.2, 0) is 6.42 Å². The zero-order chi connectivity index (χ0) is 16.5. The Morgan fingerprint density at radius 2 is 1.83 bits per heavy atom. The summed E-state index contributed by atoms with van der Waals surface area (Å²) in [6.07, 6.45) is 2.31. The molecule has 4 nitrogen and oxygen atoms in total. The van der Waals surface area contributed by atoms with Crippen molar-refractivity contribution in [2.75, 3.05) is 0 Å². The largest absolute Gasteiger partial charge is 0.291 e. The Balaban J connectivity index is 1.71. The average molecular weight is 337 g/mol. The van der Waals surface area contributed by atoms with Crippen LogP contribution >= 0.6 is 11.3 Å². The molecule has 0 atom stereocenters. The predicted molar refractivity (Wildman–Crippen MR) is 91.6 cm³/mol. The van der Waals surface area contributed by atoms with Crippen LogP contribution in [0.4, 0.5) is 4.39 Å². The fourth-order valence-corrected chi connectivity index (χ4v) is 3.36. The Morgan fingerprint density at radius 1 is 1.08 bits per heavy atom. The first kappa shape index (κ1) is 14.7. The first-order chi connectivity index (χ1) is 11.7. The molecule has 0 amide bonds. The third kappa shape index (κ3) is 2.83. The number of hydrogen-bond acceptors (Lipinski definition) is 4. The first-order valence-corrected chi connectivity index (χ1v) is 8.20. The average Bonchev–Trinajstić information content (AvgIpc) is 3.10. The lowest BCUT2D eigenvalue weighted by atomic mass is 10.1. The molecule has 4 aromatic rings. The van der Waals surface area contributed by atoms with Gasteiger partial charge in [-0.25, -0.2) is 9.37 Å². The lowest BCUT2D eigenvalue weighted by molar-refractivity contribution is 0.628. The molecule has 118 valence electrons. The second-order valence-corrected chi connectivity index (χ2v) is 6.36. The Hall–Kier alpha value is -2.86. The van der Waals surface area contributed by atoms with Crippen molar-refractivity contribution < 1.29 is 4.39 Å². The molecular weight excluding hydrogens is 325 g/mol. The number of aromatic nitrogens is 3. The standard InChI is InChI=1S/C18H12FN3OS/c19-14-8-6-13(7-9-14)10-15-17(23)22-18(24-15)20-16(21-22)11-12-4-2-1-3-5-12/h1-10H,11H2/b15-10-. The van der Waals surface area contributed by atoms with Crippen LogP contribution in [0.25, 0.3) is 11.0 Å². The fraction of sp³-hybridized carbons (Fsp3) is 0.0556. The van der Waals surface area contributed by atoms with Gasteiger partial charge in [0, 0.05) is 6.42 Å². The predicted octanol–water partition coefficient (Wildman–Crippen LogP) is 2.43. The topological polar surface area (TPSA) is 47.3 Å². The van der Waals surface area contributed by atoms with E-state index in [9.17, 15) is 9.18 Å². The molecule has 0 aliphatic heterocycles. The Kier molecular flexibility index (Phi) is 3.66. The van der Waals surface area contributed by atoms with Crippen LogP contribution in [-0.4, -0.2) is 14.6 Å². The minimum absolute atomic E-state index is 0.203. The molecule has 0 aliphatic carbocycles. The summed E-state index contributed by atoms with van der Waals surface area (Å²) in [6, 6.07) is 15.9. The van der Waals surface area contributed by atoms with Crippen LogP contribution < -0.4 is 10.1 Å². The fourth-order valence-electron chi connectivity index (χ4n) is 2.44. The maximum Gasteiger partial charge on any atom is 0.291 e. The summed E-state index contributed by atoms with van der Waals surface area (Å²) in [5, 5.41) is 4.31. The number of halogens is 1. The maximum atomic E-state index is 12.9. The van der Waals surface area contributed by atoms with Crippen LogP contribution in [0.1, 0.15) is 17.0 Å². The number of nitrogens with zero attached hydrogens (tertiary/aromatic N) is 3. The summed E-state index contributed by atoms with van der Waals surface area (Å²) in [4.78, 5) is 17.4. The highest BCUT2D eigenvalue weighted by molar-refractivity contribution is 7.15. The molecule has 2 heterocycles. The minimum Gasteiger partial charge on any atom is -0.266 e. The van der Waals surface area contributed by atoms with Crippen molar-refractivity contribution in [2.45, 2.75) is 6.42 Å². The zero-order valence-electron chi connectivity index (χ0n) is 12.5. The van der Waals surface area contributed by atoms with Gasteiger partial charge in [0.1, 0.15) is 5.82 Å². The van der Waals surface area contributed by atoms with Crippen molar-refractivity contribution in [2.24, 2.45) is 0 Å². The summed E-state index contributed by atoms with van der Waals surface area (Å²) in [5.74, 6) is 0.320. The van der Waals surface area contributed by atoms with Crippen LogP contribution in [0.3, 0.4) is 0 Å². The maximum absolute atomic E-state index is 12.9. The van der Waals surface area contributed by atoms with Crippen LogP contribution in [0.2, 0.25) is 0 Å². The van der Waals surface area contributed by atoms with E-state index in [1.54, 1.807) is 18.2 Å². The van der Waals surface area contributed by atoms with E-state index in [4.69, 9.17) is 0 Å². The first-order valence-electron chi connectivity index (χ1n) is 7.39. The zero-order valence-corrected chi connectivity index (χ0v) is 13.3. The smallest absolute Gasteiger partial charge is 0.266 e. The van der Waals surface area contributed by atoms with Crippen molar-refractivity contribution in [3.05, 3.63) is 92.3 Å². The summed E-state index contributed by atoms with van der Waals surface area (Å²) in [6.45, 7) is 0. The van der Waals surface area contributed by atoms with Gasteiger partial charge < -0.3 is 0 Å².